The van der Waals surface area contributed by atoms with Crippen LogP contribution in [0.4, 0.5) is 0 Å². The Morgan fingerprint density at radius 1 is 0.893 bits per heavy atom. The molecule has 0 saturated heterocycles. The van der Waals surface area contributed by atoms with E-state index in [0.717, 1.165) is 18.4 Å². The van der Waals surface area contributed by atoms with E-state index in [1.165, 1.54) is 5.56 Å². The van der Waals surface area contributed by atoms with E-state index in [1.807, 2.05) is 55.5 Å². The van der Waals surface area contributed by atoms with Crippen LogP contribution in [0.3, 0.4) is 0 Å². The number of rotatable bonds is 11. The predicted octanol–water partition coefficient (Wildman–Crippen LogP) is 4.54. The Bertz CT molecular complexity index is 730. The number of aliphatic hydroxyl groups excluding tert-OH is 2. The van der Waals surface area contributed by atoms with Crippen LogP contribution in [-0.4, -0.2) is 32.2 Å². The summed E-state index contributed by atoms with van der Waals surface area (Å²) in [5, 5.41) is 20.3. The Kier molecular flexibility index (Phi) is 8.41. The van der Waals surface area contributed by atoms with Crippen LogP contribution in [-0.2, 0) is 21.6 Å². The van der Waals surface area contributed by atoms with Gasteiger partial charge in [-0.1, -0.05) is 81.4 Å². The van der Waals surface area contributed by atoms with Gasteiger partial charge in [-0.3, -0.25) is 4.21 Å². The third-order valence-electron chi connectivity index (χ3n) is 5.77. The minimum Gasteiger partial charge on any atom is -0.395 e. The second kappa shape index (κ2) is 10.3. The summed E-state index contributed by atoms with van der Waals surface area (Å²) in [6.45, 7) is 6.40. The molecule has 3 unspecified atom stereocenters. The summed E-state index contributed by atoms with van der Waals surface area (Å²) in [6.07, 6.45) is 2.74. The first-order valence-corrected chi connectivity index (χ1v) is 11.4. The Labute approximate surface area is 172 Å². The highest BCUT2D eigenvalue weighted by Gasteiger charge is 2.27. The van der Waals surface area contributed by atoms with E-state index in [-0.39, 0.29) is 17.4 Å². The van der Waals surface area contributed by atoms with Crippen molar-refractivity contribution in [2.45, 2.75) is 62.7 Å². The molecule has 0 heterocycles. The molecule has 0 saturated carbocycles. The maximum atomic E-state index is 12.5. The van der Waals surface area contributed by atoms with Crippen LogP contribution in [0, 0.1) is 0 Å². The van der Waals surface area contributed by atoms with E-state index in [0.29, 0.717) is 18.6 Å². The van der Waals surface area contributed by atoms with Gasteiger partial charge in [-0.15, -0.1) is 0 Å². The van der Waals surface area contributed by atoms with Crippen LogP contribution < -0.4 is 0 Å². The summed E-state index contributed by atoms with van der Waals surface area (Å²) in [6, 6.07) is 20.2. The monoisotopic (exact) mass is 402 g/mol. The second-order valence-electron chi connectivity index (χ2n) is 8.52. The van der Waals surface area contributed by atoms with Crippen molar-refractivity contribution >= 4 is 10.8 Å². The fourth-order valence-electron chi connectivity index (χ4n) is 3.55. The van der Waals surface area contributed by atoms with Gasteiger partial charge in [-0.25, -0.2) is 0 Å². The predicted molar refractivity (Wildman–Crippen MR) is 118 cm³/mol. The maximum absolute atomic E-state index is 12.5. The van der Waals surface area contributed by atoms with Gasteiger partial charge in [0.15, 0.2) is 0 Å². The molecule has 0 aliphatic carbocycles. The maximum Gasteiger partial charge on any atom is 0.129 e. The highest BCUT2D eigenvalue weighted by Crippen LogP contribution is 2.30. The van der Waals surface area contributed by atoms with Crippen LogP contribution in [0.1, 0.15) is 57.6 Å². The fourth-order valence-corrected chi connectivity index (χ4v) is 4.63. The molecule has 4 heteroatoms. The van der Waals surface area contributed by atoms with Gasteiger partial charge < -0.3 is 10.2 Å². The van der Waals surface area contributed by atoms with Crippen LogP contribution in [0.15, 0.2) is 60.7 Å². The molecule has 2 aromatic rings. The molecule has 154 valence electrons. The summed E-state index contributed by atoms with van der Waals surface area (Å²) < 4.78 is 12.5. The van der Waals surface area contributed by atoms with Crippen molar-refractivity contribution in [1.29, 1.82) is 0 Å². The van der Waals surface area contributed by atoms with E-state index in [4.69, 9.17) is 0 Å². The number of aliphatic hydroxyl groups is 2. The third kappa shape index (κ3) is 6.26. The molecular weight excluding hydrogens is 368 g/mol. The largest absolute Gasteiger partial charge is 0.395 e. The zero-order valence-corrected chi connectivity index (χ0v) is 18.1. The lowest BCUT2D eigenvalue weighted by atomic mass is 9.79. The van der Waals surface area contributed by atoms with Gasteiger partial charge in [-0.2, -0.15) is 0 Å². The Morgan fingerprint density at radius 3 is 1.96 bits per heavy atom. The van der Waals surface area contributed by atoms with Crippen molar-refractivity contribution in [1.82, 2.24) is 0 Å². The van der Waals surface area contributed by atoms with Crippen molar-refractivity contribution in [3.63, 3.8) is 0 Å². The molecule has 3 nitrogen and oxygen atoms in total. The molecule has 0 aromatic heterocycles. The minimum absolute atomic E-state index is 0.0530. The summed E-state index contributed by atoms with van der Waals surface area (Å²) in [5.74, 6) is 0.454. The molecule has 0 fully saturated rings. The lowest BCUT2D eigenvalue weighted by Crippen LogP contribution is -2.28. The zero-order chi connectivity index (χ0) is 20.6. The first-order valence-electron chi connectivity index (χ1n) is 10.1. The Balaban J connectivity index is 1.82. The summed E-state index contributed by atoms with van der Waals surface area (Å²) in [5.41, 5.74) is 1.11. The first-order chi connectivity index (χ1) is 13.3. The first kappa shape index (κ1) is 22.8. The molecule has 0 spiro atoms. The van der Waals surface area contributed by atoms with E-state index < -0.39 is 16.2 Å². The van der Waals surface area contributed by atoms with Gasteiger partial charge in [0.05, 0.1) is 17.4 Å². The molecule has 0 bridgehead atoms. The average Bonchev–Trinajstić information content (AvgIpc) is 2.73. The molecule has 0 aliphatic heterocycles. The average molecular weight is 403 g/mol. The van der Waals surface area contributed by atoms with Crippen molar-refractivity contribution in [3.05, 3.63) is 71.8 Å². The van der Waals surface area contributed by atoms with Crippen LogP contribution >= 0.6 is 0 Å². The van der Waals surface area contributed by atoms with Gasteiger partial charge in [-0.05, 0) is 42.2 Å². The third-order valence-corrected chi connectivity index (χ3v) is 7.30. The second-order valence-corrected chi connectivity index (χ2v) is 10.2. The molecule has 3 atom stereocenters. The molecule has 0 amide bonds. The standard InChI is InChI=1S/C24H34O3S/c1-23(2,20-11-6-4-7-12-20)17-15-22(26)28(27)18-10-16-24(3,19-25)21-13-8-5-9-14-21/h4-9,11-14,22,25-26H,10,15-19H2,1-3H3. The number of hydrogen-bond donors (Lipinski definition) is 2. The van der Waals surface area contributed by atoms with Crippen LogP contribution in [0.2, 0.25) is 0 Å². The van der Waals surface area contributed by atoms with Gasteiger partial charge in [0.1, 0.15) is 5.44 Å². The topological polar surface area (TPSA) is 57.5 Å². The van der Waals surface area contributed by atoms with Crippen molar-refractivity contribution < 1.29 is 14.4 Å². The van der Waals surface area contributed by atoms with Crippen molar-refractivity contribution in [2.75, 3.05) is 12.4 Å². The van der Waals surface area contributed by atoms with Gasteiger partial charge in [0, 0.05) is 11.2 Å². The zero-order valence-electron chi connectivity index (χ0n) is 17.3. The van der Waals surface area contributed by atoms with E-state index in [2.05, 4.69) is 26.0 Å². The Hall–Kier alpha value is -1.49. The molecule has 0 radical (unpaired) electrons. The number of hydrogen-bond acceptors (Lipinski definition) is 3. The van der Waals surface area contributed by atoms with Gasteiger partial charge >= 0.3 is 0 Å². The summed E-state index contributed by atoms with van der Waals surface area (Å²) in [4.78, 5) is 0. The van der Waals surface area contributed by atoms with E-state index >= 15 is 0 Å². The summed E-state index contributed by atoms with van der Waals surface area (Å²) in [7, 11) is -1.28. The molecule has 2 aromatic carbocycles. The summed E-state index contributed by atoms with van der Waals surface area (Å²) >= 11 is 0. The van der Waals surface area contributed by atoms with Crippen LogP contribution in [0.5, 0.6) is 0 Å². The molecule has 2 rings (SSSR count). The van der Waals surface area contributed by atoms with Crippen LogP contribution in [0.25, 0.3) is 0 Å². The Morgan fingerprint density at radius 2 is 1.43 bits per heavy atom. The molecular formula is C24H34O3S. The minimum atomic E-state index is -1.28. The number of benzene rings is 2. The van der Waals surface area contributed by atoms with E-state index in [1.54, 1.807) is 0 Å². The normalized spacial score (nSPS) is 16.3. The SMILES string of the molecule is CC(C)(CCC(O)S(=O)CCCC(C)(CO)c1ccccc1)c1ccccc1. The lowest BCUT2D eigenvalue weighted by molar-refractivity contribution is 0.196. The van der Waals surface area contributed by atoms with Crippen molar-refractivity contribution in [3.8, 4) is 0 Å². The molecule has 28 heavy (non-hydrogen) atoms. The quantitative estimate of drug-likeness (QED) is 0.580. The van der Waals surface area contributed by atoms with Gasteiger partial charge in [0.25, 0.3) is 0 Å². The smallest absolute Gasteiger partial charge is 0.129 e. The molecule has 0 aliphatic rings. The highest BCUT2D eigenvalue weighted by atomic mass is 32.2. The molecule has 2 N–H and O–H groups in total. The van der Waals surface area contributed by atoms with Crippen molar-refractivity contribution in [2.24, 2.45) is 0 Å². The van der Waals surface area contributed by atoms with Gasteiger partial charge in [0.2, 0.25) is 0 Å². The highest BCUT2D eigenvalue weighted by molar-refractivity contribution is 7.85. The van der Waals surface area contributed by atoms with E-state index in [9.17, 15) is 14.4 Å². The fraction of sp³-hybridized carbons (Fsp3) is 0.500. The lowest BCUT2D eigenvalue weighted by Gasteiger charge is -2.28.